The Bertz CT molecular complexity index is 617. The van der Waals surface area contributed by atoms with Crippen LogP contribution in [0.15, 0.2) is 12.4 Å². The van der Waals surface area contributed by atoms with Crippen LogP contribution in [0, 0.1) is 11.8 Å². The van der Waals surface area contributed by atoms with Gasteiger partial charge in [-0.1, -0.05) is 20.3 Å². The first kappa shape index (κ1) is 19.5. The maximum atomic E-state index is 12.7. The van der Waals surface area contributed by atoms with Crippen molar-refractivity contribution >= 4 is 11.8 Å². The SMILES string of the molecule is CCCC(C)C(=O)NC[C@@H]1CC(=O)N(C(C)(C)C)[C@H]1c1cnn(C)c1. The molecule has 2 rings (SSSR count). The second kappa shape index (κ2) is 7.58. The predicted octanol–water partition coefficient (Wildman–Crippen LogP) is 2.66. The van der Waals surface area contributed by atoms with Gasteiger partial charge in [-0.3, -0.25) is 14.3 Å². The van der Waals surface area contributed by atoms with E-state index in [9.17, 15) is 9.59 Å². The van der Waals surface area contributed by atoms with Crippen LogP contribution in [-0.2, 0) is 16.6 Å². The fraction of sp³-hybridized carbons (Fsp3) is 0.737. The van der Waals surface area contributed by atoms with Gasteiger partial charge in [-0.2, -0.15) is 5.10 Å². The Balaban J connectivity index is 2.18. The molecule has 25 heavy (non-hydrogen) atoms. The Morgan fingerprint density at radius 2 is 2.12 bits per heavy atom. The molecule has 1 N–H and O–H groups in total. The third kappa shape index (κ3) is 4.41. The molecule has 1 aromatic heterocycles. The largest absolute Gasteiger partial charge is 0.355 e. The highest BCUT2D eigenvalue weighted by molar-refractivity contribution is 5.81. The molecular formula is C19H32N4O2. The van der Waals surface area contributed by atoms with Crippen molar-refractivity contribution in [3.63, 3.8) is 0 Å². The lowest BCUT2D eigenvalue weighted by Gasteiger charge is -2.38. The minimum absolute atomic E-state index is 0.0117. The summed E-state index contributed by atoms with van der Waals surface area (Å²) in [6.45, 7) is 10.7. The second-order valence-electron chi connectivity index (χ2n) is 8.23. The van der Waals surface area contributed by atoms with Gasteiger partial charge in [0, 0.05) is 49.1 Å². The average molecular weight is 348 g/mol. The highest BCUT2D eigenvalue weighted by Crippen LogP contribution is 2.42. The number of carbonyl (C=O) groups is 2. The molecule has 1 aliphatic heterocycles. The van der Waals surface area contributed by atoms with Gasteiger partial charge in [0.1, 0.15) is 0 Å². The van der Waals surface area contributed by atoms with Crippen LogP contribution in [0.2, 0.25) is 0 Å². The fourth-order valence-corrected chi connectivity index (χ4v) is 3.76. The van der Waals surface area contributed by atoms with Crippen molar-refractivity contribution in [1.29, 1.82) is 0 Å². The molecule has 6 nitrogen and oxygen atoms in total. The number of nitrogens with one attached hydrogen (secondary N) is 1. The number of hydrogen-bond donors (Lipinski definition) is 1. The van der Waals surface area contributed by atoms with E-state index in [-0.39, 0.29) is 35.2 Å². The molecule has 140 valence electrons. The summed E-state index contributed by atoms with van der Waals surface area (Å²) in [5.41, 5.74) is 0.760. The second-order valence-corrected chi connectivity index (χ2v) is 8.23. The fourth-order valence-electron chi connectivity index (χ4n) is 3.76. The van der Waals surface area contributed by atoms with Gasteiger partial charge in [0.15, 0.2) is 0 Å². The summed E-state index contributed by atoms with van der Waals surface area (Å²) in [4.78, 5) is 26.9. The maximum Gasteiger partial charge on any atom is 0.223 e. The van der Waals surface area contributed by atoms with E-state index < -0.39 is 0 Å². The van der Waals surface area contributed by atoms with Crippen molar-refractivity contribution in [3.05, 3.63) is 18.0 Å². The van der Waals surface area contributed by atoms with Crippen LogP contribution >= 0.6 is 0 Å². The van der Waals surface area contributed by atoms with Crippen molar-refractivity contribution in [1.82, 2.24) is 20.0 Å². The van der Waals surface area contributed by atoms with Gasteiger partial charge in [-0.25, -0.2) is 0 Å². The Morgan fingerprint density at radius 3 is 2.64 bits per heavy atom. The number of rotatable bonds is 6. The van der Waals surface area contributed by atoms with Crippen LogP contribution in [0.4, 0.5) is 0 Å². The first-order chi connectivity index (χ1) is 11.6. The van der Waals surface area contributed by atoms with Gasteiger partial charge in [-0.05, 0) is 27.2 Å². The van der Waals surface area contributed by atoms with E-state index in [1.54, 1.807) is 4.68 Å². The van der Waals surface area contributed by atoms with Crippen molar-refractivity contribution in [2.24, 2.45) is 18.9 Å². The van der Waals surface area contributed by atoms with Gasteiger partial charge < -0.3 is 10.2 Å². The average Bonchev–Trinajstić information content (AvgIpc) is 3.07. The zero-order valence-electron chi connectivity index (χ0n) is 16.4. The van der Waals surface area contributed by atoms with Gasteiger partial charge >= 0.3 is 0 Å². The zero-order chi connectivity index (χ0) is 18.8. The van der Waals surface area contributed by atoms with Gasteiger partial charge in [0.25, 0.3) is 0 Å². The Labute approximate surface area is 151 Å². The van der Waals surface area contributed by atoms with E-state index in [1.807, 2.05) is 31.3 Å². The standard InChI is InChI=1S/C19H32N4O2/c1-7-8-13(2)18(25)20-10-14-9-16(24)23(19(3,4)5)17(14)15-11-21-22(6)12-15/h11-14,17H,7-10H2,1-6H3,(H,20,25)/t13?,14-,17+/m0/s1. The van der Waals surface area contributed by atoms with Crippen LogP contribution in [0.3, 0.4) is 0 Å². The molecule has 0 spiro atoms. The van der Waals surface area contributed by atoms with Crippen LogP contribution in [0.5, 0.6) is 0 Å². The summed E-state index contributed by atoms with van der Waals surface area (Å²) in [7, 11) is 1.88. The molecule has 1 unspecified atom stereocenters. The normalized spacial score (nSPS) is 22.3. The van der Waals surface area contributed by atoms with E-state index >= 15 is 0 Å². The molecule has 2 amide bonds. The van der Waals surface area contributed by atoms with Crippen molar-refractivity contribution in [2.75, 3.05) is 6.54 Å². The van der Waals surface area contributed by atoms with Gasteiger partial charge in [-0.15, -0.1) is 0 Å². The Morgan fingerprint density at radius 1 is 1.44 bits per heavy atom. The predicted molar refractivity (Wildman–Crippen MR) is 97.7 cm³/mol. The Kier molecular flexibility index (Phi) is 5.91. The van der Waals surface area contributed by atoms with E-state index in [1.165, 1.54) is 0 Å². The van der Waals surface area contributed by atoms with Crippen molar-refractivity contribution in [3.8, 4) is 0 Å². The summed E-state index contributed by atoms with van der Waals surface area (Å²) in [6.07, 6.45) is 6.13. The molecule has 1 fully saturated rings. The minimum atomic E-state index is -0.272. The first-order valence-electron chi connectivity index (χ1n) is 9.23. The lowest BCUT2D eigenvalue weighted by molar-refractivity contribution is -0.133. The minimum Gasteiger partial charge on any atom is -0.355 e. The molecule has 0 bridgehead atoms. The molecular weight excluding hydrogens is 316 g/mol. The molecule has 3 atom stereocenters. The van der Waals surface area contributed by atoms with Crippen LogP contribution < -0.4 is 5.32 Å². The monoisotopic (exact) mass is 348 g/mol. The van der Waals surface area contributed by atoms with Gasteiger partial charge in [0.2, 0.25) is 11.8 Å². The quantitative estimate of drug-likeness (QED) is 0.859. The smallest absolute Gasteiger partial charge is 0.223 e. The third-order valence-corrected chi connectivity index (χ3v) is 4.93. The molecule has 2 heterocycles. The number of aryl methyl sites for hydroxylation is 1. The molecule has 0 aromatic carbocycles. The topological polar surface area (TPSA) is 67.2 Å². The lowest BCUT2D eigenvalue weighted by Crippen LogP contribution is -2.45. The molecule has 1 aliphatic rings. The van der Waals surface area contributed by atoms with Crippen LogP contribution in [0.1, 0.15) is 65.5 Å². The van der Waals surface area contributed by atoms with E-state index in [0.29, 0.717) is 13.0 Å². The molecule has 6 heteroatoms. The maximum absolute atomic E-state index is 12.7. The summed E-state index contributed by atoms with van der Waals surface area (Å²) >= 11 is 0. The van der Waals surface area contributed by atoms with E-state index in [0.717, 1.165) is 18.4 Å². The Hall–Kier alpha value is -1.85. The number of hydrogen-bond acceptors (Lipinski definition) is 3. The number of aromatic nitrogens is 2. The summed E-state index contributed by atoms with van der Waals surface area (Å²) in [5, 5.41) is 7.34. The first-order valence-corrected chi connectivity index (χ1v) is 9.23. The lowest BCUT2D eigenvalue weighted by atomic mass is 9.93. The molecule has 0 aliphatic carbocycles. The van der Waals surface area contributed by atoms with E-state index in [4.69, 9.17) is 0 Å². The highest BCUT2D eigenvalue weighted by Gasteiger charge is 2.45. The summed E-state index contributed by atoms with van der Waals surface area (Å²) in [5.74, 6) is 0.294. The summed E-state index contributed by atoms with van der Waals surface area (Å²) in [6, 6.07) is -0.0528. The van der Waals surface area contributed by atoms with Crippen molar-refractivity contribution in [2.45, 2.75) is 65.5 Å². The molecule has 0 radical (unpaired) electrons. The van der Waals surface area contributed by atoms with Gasteiger partial charge in [0.05, 0.1) is 12.2 Å². The number of nitrogens with zero attached hydrogens (tertiary/aromatic N) is 3. The molecule has 1 saturated heterocycles. The molecule has 1 aromatic rings. The highest BCUT2D eigenvalue weighted by atomic mass is 16.2. The molecule has 0 saturated carbocycles. The number of amides is 2. The van der Waals surface area contributed by atoms with E-state index in [2.05, 4.69) is 38.1 Å². The zero-order valence-corrected chi connectivity index (χ0v) is 16.4. The number of carbonyl (C=O) groups excluding carboxylic acids is 2. The van der Waals surface area contributed by atoms with Crippen LogP contribution in [0.25, 0.3) is 0 Å². The van der Waals surface area contributed by atoms with Crippen LogP contribution in [-0.4, -0.2) is 38.6 Å². The number of likely N-dealkylation sites (tertiary alicyclic amines) is 1. The third-order valence-electron chi connectivity index (χ3n) is 4.93. The summed E-state index contributed by atoms with van der Waals surface area (Å²) < 4.78 is 1.76. The van der Waals surface area contributed by atoms with Crippen molar-refractivity contribution < 1.29 is 9.59 Å².